The molecule has 0 atom stereocenters. The van der Waals surface area contributed by atoms with Crippen LogP contribution in [-0.4, -0.2) is 18.2 Å². The summed E-state index contributed by atoms with van der Waals surface area (Å²) in [6.45, 7) is -0.0252. The van der Waals surface area contributed by atoms with E-state index in [2.05, 4.69) is 22.7 Å². The van der Waals surface area contributed by atoms with Crippen LogP contribution >= 0.6 is 0 Å². The van der Waals surface area contributed by atoms with Gasteiger partial charge < -0.3 is 4.74 Å². The van der Waals surface area contributed by atoms with Crippen LogP contribution in [0.25, 0.3) is 0 Å². The summed E-state index contributed by atoms with van der Waals surface area (Å²) in [4.78, 5) is 11.9. The number of amides is 1. The topological polar surface area (TPSA) is 50.7 Å². The number of rotatable bonds is 6. The number of carbonyl (C=O) groups is 1. The number of hydrogen-bond donors (Lipinski definition) is 1. The fourth-order valence-electron chi connectivity index (χ4n) is 2.82. The maximum Gasteiger partial charge on any atom is 0.277 e. The number of nitrogens with zero attached hydrogens (tertiary/aromatic N) is 1. The molecule has 1 amide bonds. The van der Waals surface area contributed by atoms with Crippen LogP contribution in [0.1, 0.15) is 36.8 Å². The normalized spacial score (nSPS) is 13.6. The van der Waals surface area contributed by atoms with Crippen LogP contribution < -0.4 is 10.2 Å². The molecular formula is C20H22N2O2. The fraction of sp³-hybridized carbons (Fsp3) is 0.300. The predicted molar refractivity (Wildman–Crippen MR) is 95.2 cm³/mol. The Balaban J connectivity index is 1.57. The Kier molecular flexibility index (Phi) is 5.61. The molecule has 4 heteroatoms. The minimum atomic E-state index is -0.219. The van der Waals surface area contributed by atoms with E-state index in [4.69, 9.17) is 4.74 Å². The molecule has 4 nitrogen and oxygen atoms in total. The van der Waals surface area contributed by atoms with Gasteiger partial charge in [0.05, 0.1) is 0 Å². The molecule has 2 aromatic rings. The molecule has 0 radical (unpaired) electrons. The third-order valence-electron chi connectivity index (χ3n) is 4.09. The van der Waals surface area contributed by atoms with Crippen LogP contribution in [0.15, 0.2) is 59.7 Å². The van der Waals surface area contributed by atoms with Crippen molar-refractivity contribution < 1.29 is 9.53 Å². The zero-order chi connectivity index (χ0) is 16.6. The van der Waals surface area contributed by atoms with Gasteiger partial charge in [0.15, 0.2) is 6.61 Å². The van der Waals surface area contributed by atoms with Crippen molar-refractivity contribution in [2.24, 2.45) is 5.10 Å². The number of ether oxygens (including phenoxy) is 1. The van der Waals surface area contributed by atoms with Gasteiger partial charge in [-0.05, 0) is 42.9 Å². The Morgan fingerprint density at radius 3 is 2.50 bits per heavy atom. The highest BCUT2D eigenvalue weighted by atomic mass is 16.5. The molecule has 0 unspecified atom stereocenters. The first-order valence-corrected chi connectivity index (χ1v) is 8.40. The molecule has 0 spiro atoms. The lowest BCUT2D eigenvalue weighted by Gasteiger charge is -2.11. The molecule has 1 aliphatic carbocycles. The number of nitrogens with one attached hydrogen (secondary N) is 1. The Morgan fingerprint density at radius 2 is 1.71 bits per heavy atom. The van der Waals surface area contributed by atoms with Crippen molar-refractivity contribution in [1.29, 1.82) is 0 Å². The molecule has 0 bridgehead atoms. The molecule has 1 saturated carbocycles. The molecule has 1 aliphatic rings. The first kappa shape index (κ1) is 16.2. The summed E-state index contributed by atoms with van der Waals surface area (Å²) < 4.78 is 5.71. The van der Waals surface area contributed by atoms with E-state index in [1.165, 1.54) is 5.56 Å². The minimum absolute atomic E-state index is 0.0252. The van der Waals surface area contributed by atoms with Gasteiger partial charge in [0, 0.05) is 12.1 Å². The zero-order valence-corrected chi connectivity index (χ0v) is 13.7. The molecule has 0 aliphatic heterocycles. The van der Waals surface area contributed by atoms with Gasteiger partial charge in [-0.15, -0.1) is 0 Å². The van der Waals surface area contributed by atoms with Crippen molar-refractivity contribution in [2.45, 2.75) is 32.1 Å². The Labute approximate surface area is 142 Å². The number of hydrogen-bond acceptors (Lipinski definition) is 3. The third-order valence-corrected chi connectivity index (χ3v) is 4.09. The summed E-state index contributed by atoms with van der Waals surface area (Å²) in [5.41, 5.74) is 5.95. The first-order valence-electron chi connectivity index (χ1n) is 8.40. The fourth-order valence-corrected chi connectivity index (χ4v) is 2.82. The lowest BCUT2D eigenvalue weighted by atomic mass is 10.0. The molecule has 124 valence electrons. The van der Waals surface area contributed by atoms with Crippen molar-refractivity contribution in [1.82, 2.24) is 5.43 Å². The van der Waals surface area contributed by atoms with Crippen LogP contribution in [0.3, 0.4) is 0 Å². The SMILES string of the molecule is O=C(COc1ccccc1Cc1ccccc1)NN=C1CCCC1. The number of carbonyl (C=O) groups excluding carboxylic acids is 1. The van der Waals surface area contributed by atoms with E-state index >= 15 is 0 Å². The number of hydrazone groups is 1. The quantitative estimate of drug-likeness (QED) is 0.824. The summed E-state index contributed by atoms with van der Waals surface area (Å²) >= 11 is 0. The summed E-state index contributed by atoms with van der Waals surface area (Å²) in [6.07, 6.45) is 5.08. The van der Waals surface area contributed by atoms with Crippen molar-refractivity contribution in [3.63, 3.8) is 0 Å². The maximum atomic E-state index is 11.9. The second-order valence-electron chi connectivity index (χ2n) is 5.98. The van der Waals surface area contributed by atoms with E-state index in [1.807, 2.05) is 42.5 Å². The first-order chi connectivity index (χ1) is 11.8. The van der Waals surface area contributed by atoms with Gasteiger partial charge in [-0.2, -0.15) is 5.10 Å². The largest absolute Gasteiger partial charge is 0.483 e. The molecular weight excluding hydrogens is 300 g/mol. The van der Waals surface area contributed by atoms with Gasteiger partial charge in [0.1, 0.15) is 5.75 Å². The summed E-state index contributed by atoms with van der Waals surface area (Å²) in [7, 11) is 0. The predicted octanol–water partition coefficient (Wildman–Crippen LogP) is 3.70. The highest BCUT2D eigenvalue weighted by molar-refractivity contribution is 5.87. The van der Waals surface area contributed by atoms with Crippen LogP contribution in [0, 0.1) is 0 Å². The molecule has 2 aromatic carbocycles. The third kappa shape index (κ3) is 4.69. The molecule has 0 saturated heterocycles. The van der Waals surface area contributed by atoms with E-state index in [9.17, 15) is 4.79 Å². The molecule has 1 N–H and O–H groups in total. The molecule has 3 rings (SSSR count). The highest BCUT2D eigenvalue weighted by Gasteiger charge is 2.10. The minimum Gasteiger partial charge on any atom is -0.483 e. The number of para-hydroxylation sites is 1. The monoisotopic (exact) mass is 322 g/mol. The summed E-state index contributed by atoms with van der Waals surface area (Å²) in [5, 5.41) is 4.16. The Bertz CT molecular complexity index is 703. The molecule has 1 fully saturated rings. The Hall–Kier alpha value is -2.62. The second kappa shape index (κ2) is 8.29. The van der Waals surface area contributed by atoms with Crippen LogP contribution in [0.5, 0.6) is 5.75 Å². The van der Waals surface area contributed by atoms with E-state index in [0.717, 1.165) is 49.1 Å². The van der Waals surface area contributed by atoms with Gasteiger partial charge in [-0.25, -0.2) is 5.43 Å². The van der Waals surface area contributed by atoms with Gasteiger partial charge in [-0.3, -0.25) is 4.79 Å². The average Bonchev–Trinajstić information content (AvgIpc) is 3.14. The highest BCUT2D eigenvalue weighted by Crippen LogP contribution is 2.21. The van der Waals surface area contributed by atoms with Gasteiger partial charge >= 0.3 is 0 Å². The van der Waals surface area contributed by atoms with E-state index in [0.29, 0.717) is 0 Å². The van der Waals surface area contributed by atoms with Gasteiger partial charge in [0.25, 0.3) is 5.91 Å². The second-order valence-corrected chi connectivity index (χ2v) is 5.98. The van der Waals surface area contributed by atoms with Crippen molar-refractivity contribution in [3.8, 4) is 5.75 Å². The van der Waals surface area contributed by atoms with Gasteiger partial charge in [-0.1, -0.05) is 48.5 Å². The van der Waals surface area contributed by atoms with E-state index in [1.54, 1.807) is 0 Å². The van der Waals surface area contributed by atoms with Gasteiger partial charge in [0.2, 0.25) is 0 Å². The molecule has 0 heterocycles. The van der Waals surface area contributed by atoms with Crippen LogP contribution in [-0.2, 0) is 11.2 Å². The lowest BCUT2D eigenvalue weighted by molar-refractivity contribution is -0.123. The van der Waals surface area contributed by atoms with E-state index in [-0.39, 0.29) is 12.5 Å². The lowest BCUT2D eigenvalue weighted by Crippen LogP contribution is -2.25. The van der Waals surface area contributed by atoms with Crippen LogP contribution in [0.2, 0.25) is 0 Å². The zero-order valence-electron chi connectivity index (χ0n) is 13.7. The van der Waals surface area contributed by atoms with Crippen molar-refractivity contribution in [2.75, 3.05) is 6.61 Å². The molecule has 0 aromatic heterocycles. The maximum absolute atomic E-state index is 11.9. The summed E-state index contributed by atoms with van der Waals surface area (Å²) in [5.74, 6) is 0.522. The Morgan fingerprint density at radius 1 is 1.00 bits per heavy atom. The summed E-state index contributed by atoms with van der Waals surface area (Å²) in [6, 6.07) is 18.0. The van der Waals surface area contributed by atoms with Crippen molar-refractivity contribution >= 4 is 11.6 Å². The average molecular weight is 322 g/mol. The molecule has 24 heavy (non-hydrogen) atoms. The standard InChI is InChI=1S/C20H22N2O2/c23-20(22-21-18-11-5-6-12-18)15-24-19-13-7-4-10-17(19)14-16-8-2-1-3-9-16/h1-4,7-10,13H,5-6,11-12,14-15H2,(H,22,23). The smallest absolute Gasteiger partial charge is 0.277 e. The number of benzene rings is 2. The van der Waals surface area contributed by atoms with Crippen molar-refractivity contribution in [3.05, 3.63) is 65.7 Å². The van der Waals surface area contributed by atoms with Crippen LogP contribution in [0.4, 0.5) is 0 Å². The van der Waals surface area contributed by atoms with E-state index < -0.39 is 0 Å².